The molecule has 23 heavy (non-hydrogen) atoms. The van der Waals surface area contributed by atoms with Crippen molar-refractivity contribution >= 4 is 5.91 Å². The molecule has 1 aliphatic heterocycles. The summed E-state index contributed by atoms with van der Waals surface area (Å²) in [7, 11) is 0. The quantitative estimate of drug-likeness (QED) is 0.922. The molecule has 1 saturated heterocycles. The fourth-order valence-electron chi connectivity index (χ4n) is 2.75. The third-order valence-corrected chi connectivity index (χ3v) is 4.13. The topological polar surface area (TPSA) is 84.0 Å². The molecule has 0 aromatic carbocycles. The number of rotatable bonds is 3. The van der Waals surface area contributed by atoms with E-state index in [1.165, 1.54) is 0 Å². The molecule has 0 spiro atoms. The predicted molar refractivity (Wildman–Crippen MR) is 83.8 cm³/mol. The molecule has 2 aromatic rings. The van der Waals surface area contributed by atoms with Crippen LogP contribution in [0.5, 0.6) is 0 Å². The molecule has 122 valence electrons. The number of hydrogen-bond donors (Lipinski definition) is 1. The van der Waals surface area contributed by atoms with E-state index in [4.69, 9.17) is 4.74 Å². The number of aromatic amines is 1. The maximum atomic E-state index is 12.6. The van der Waals surface area contributed by atoms with Gasteiger partial charge in [-0.3, -0.25) is 9.89 Å². The molecule has 1 fully saturated rings. The van der Waals surface area contributed by atoms with Crippen LogP contribution in [0.4, 0.5) is 0 Å². The van der Waals surface area contributed by atoms with Crippen molar-refractivity contribution in [3.05, 3.63) is 40.7 Å². The minimum atomic E-state index is -0.265. The van der Waals surface area contributed by atoms with E-state index in [0.29, 0.717) is 31.9 Å². The summed E-state index contributed by atoms with van der Waals surface area (Å²) in [5.74, 6) is 0.719. The van der Waals surface area contributed by atoms with Crippen LogP contribution in [-0.4, -0.2) is 50.7 Å². The summed E-state index contributed by atoms with van der Waals surface area (Å²) in [4.78, 5) is 23.1. The smallest absolute Gasteiger partial charge is 0.227 e. The number of aryl methyl sites for hydroxylation is 3. The minimum Gasteiger partial charge on any atom is -0.367 e. The van der Waals surface area contributed by atoms with Crippen LogP contribution in [0.3, 0.4) is 0 Å². The number of nitrogens with zero attached hydrogens (tertiary/aromatic N) is 4. The summed E-state index contributed by atoms with van der Waals surface area (Å²) >= 11 is 0. The van der Waals surface area contributed by atoms with Gasteiger partial charge < -0.3 is 9.64 Å². The van der Waals surface area contributed by atoms with Crippen molar-refractivity contribution in [1.29, 1.82) is 0 Å². The fraction of sp³-hybridized carbons (Fsp3) is 0.500. The van der Waals surface area contributed by atoms with E-state index in [-0.39, 0.29) is 12.0 Å². The highest BCUT2D eigenvalue weighted by Gasteiger charge is 2.28. The molecule has 7 heteroatoms. The Morgan fingerprint density at radius 3 is 2.96 bits per heavy atom. The molecule has 0 bridgehead atoms. The van der Waals surface area contributed by atoms with E-state index < -0.39 is 0 Å². The van der Waals surface area contributed by atoms with Gasteiger partial charge in [-0.2, -0.15) is 5.10 Å². The van der Waals surface area contributed by atoms with Gasteiger partial charge in [0.1, 0.15) is 6.10 Å². The Morgan fingerprint density at radius 1 is 1.43 bits per heavy atom. The van der Waals surface area contributed by atoms with Crippen LogP contribution in [-0.2, 0) is 16.0 Å². The summed E-state index contributed by atoms with van der Waals surface area (Å²) < 4.78 is 5.74. The number of amides is 1. The Labute approximate surface area is 135 Å². The van der Waals surface area contributed by atoms with Crippen LogP contribution in [0.1, 0.15) is 34.6 Å². The second-order valence-electron chi connectivity index (χ2n) is 5.84. The third kappa shape index (κ3) is 3.39. The summed E-state index contributed by atoms with van der Waals surface area (Å²) in [6.07, 6.45) is 1.81. The summed E-state index contributed by atoms with van der Waals surface area (Å²) in [5, 5.41) is 7.07. The van der Waals surface area contributed by atoms with E-state index in [0.717, 1.165) is 22.6 Å². The monoisotopic (exact) mass is 315 g/mol. The van der Waals surface area contributed by atoms with Gasteiger partial charge in [-0.25, -0.2) is 9.97 Å². The molecule has 3 heterocycles. The number of morpholine rings is 1. The van der Waals surface area contributed by atoms with Gasteiger partial charge in [0.15, 0.2) is 5.82 Å². The highest BCUT2D eigenvalue weighted by atomic mass is 16.5. The van der Waals surface area contributed by atoms with Crippen LogP contribution in [0.15, 0.2) is 12.3 Å². The van der Waals surface area contributed by atoms with Gasteiger partial charge in [-0.15, -0.1) is 0 Å². The lowest BCUT2D eigenvalue weighted by Gasteiger charge is -2.32. The largest absolute Gasteiger partial charge is 0.367 e. The minimum absolute atomic E-state index is 0.0820. The predicted octanol–water partition coefficient (Wildman–Crippen LogP) is 1.27. The van der Waals surface area contributed by atoms with Crippen molar-refractivity contribution in [2.45, 2.75) is 33.3 Å². The molecule has 1 N–H and O–H groups in total. The zero-order valence-electron chi connectivity index (χ0n) is 13.7. The zero-order valence-corrected chi connectivity index (χ0v) is 13.7. The van der Waals surface area contributed by atoms with Gasteiger partial charge in [-0.1, -0.05) is 0 Å². The molecular formula is C16H21N5O2. The van der Waals surface area contributed by atoms with Gasteiger partial charge in [0.05, 0.1) is 25.3 Å². The Morgan fingerprint density at radius 2 is 2.26 bits per heavy atom. The molecule has 1 atom stereocenters. The van der Waals surface area contributed by atoms with Crippen LogP contribution in [0.2, 0.25) is 0 Å². The molecule has 1 unspecified atom stereocenters. The number of aromatic nitrogens is 4. The Balaban J connectivity index is 1.70. The normalized spacial score (nSPS) is 18.2. The Hall–Kier alpha value is -2.28. The number of nitrogens with one attached hydrogen (secondary N) is 1. The molecule has 7 nitrogen and oxygen atoms in total. The van der Waals surface area contributed by atoms with Gasteiger partial charge in [0.2, 0.25) is 5.91 Å². The third-order valence-electron chi connectivity index (χ3n) is 4.13. The van der Waals surface area contributed by atoms with E-state index in [1.807, 2.05) is 31.7 Å². The highest BCUT2D eigenvalue weighted by Crippen LogP contribution is 2.20. The molecule has 1 amide bonds. The number of carbonyl (C=O) groups excluding carboxylic acids is 1. The Kier molecular flexibility index (Phi) is 4.38. The van der Waals surface area contributed by atoms with Gasteiger partial charge in [-0.05, 0) is 26.8 Å². The number of ether oxygens (including phenoxy) is 1. The first-order chi connectivity index (χ1) is 11.0. The Bertz CT molecular complexity index is 693. The summed E-state index contributed by atoms with van der Waals surface area (Å²) in [6, 6.07) is 1.85. The fourth-order valence-corrected chi connectivity index (χ4v) is 2.75. The van der Waals surface area contributed by atoms with Crippen LogP contribution in [0.25, 0.3) is 0 Å². The molecular weight excluding hydrogens is 294 g/mol. The van der Waals surface area contributed by atoms with Crippen molar-refractivity contribution in [1.82, 2.24) is 25.1 Å². The first-order valence-electron chi connectivity index (χ1n) is 7.74. The van der Waals surface area contributed by atoms with E-state index >= 15 is 0 Å². The molecule has 0 saturated carbocycles. The van der Waals surface area contributed by atoms with E-state index in [1.54, 1.807) is 6.20 Å². The van der Waals surface area contributed by atoms with E-state index in [9.17, 15) is 4.79 Å². The highest BCUT2D eigenvalue weighted by molar-refractivity contribution is 5.79. The van der Waals surface area contributed by atoms with Gasteiger partial charge in [0, 0.05) is 29.7 Å². The lowest BCUT2D eigenvalue weighted by Crippen LogP contribution is -2.43. The maximum Gasteiger partial charge on any atom is 0.227 e. The van der Waals surface area contributed by atoms with Crippen molar-refractivity contribution in [3.8, 4) is 0 Å². The number of hydrogen-bond acceptors (Lipinski definition) is 5. The van der Waals surface area contributed by atoms with Crippen LogP contribution in [0, 0.1) is 20.8 Å². The molecule has 3 rings (SSSR count). The summed E-state index contributed by atoms with van der Waals surface area (Å²) in [6.45, 7) is 7.34. The molecule has 0 radical (unpaired) electrons. The van der Waals surface area contributed by atoms with Gasteiger partial charge >= 0.3 is 0 Å². The second-order valence-corrected chi connectivity index (χ2v) is 5.84. The lowest BCUT2D eigenvalue weighted by molar-refractivity contribution is -0.138. The first kappa shape index (κ1) is 15.6. The lowest BCUT2D eigenvalue weighted by atomic mass is 10.1. The van der Waals surface area contributed by atoms with Crippen molar-refractivity contribution < 1.29 is 9.53 Å². The number of H-pyrrole nitrogens is 1. The summed E-state index contributed by atoms with van der Waals surface area (Å²) in [5.41, 5.74) is 3.70. The van der Waals surface area contributed by atoms with E-state index in [2.05, 4.69) is 20.2 Å². The average molecular weight is 315 g/mol. The zero-order chi connectivity index (χ0) is 16.4. The standard InChI is InChI=1S/C16H21N5O2/c1-10-4-5-17-16(18-10)14-9-21(6-7-23-14)15(22)8-13-11(2)19-20-12(13)3/h4-5,14H,6-9H2,1-3H3,(H,19,20). The second kappa shape index (κ2) is 6.45. The van der Waals surface area contributed by atoms with Crippen molar-refractivity contribution in [2.75, 3.05) is 19.7 Å². The first-order valence-corrected chi connectivity index (χ1v) is 7.74. The number of carbonyl (C=O) groups is 1. The van der Waals surface area contributed by atoms with Crippen molar-refractivity contribution in [3.63, 3.8) is 0 Å². The molecule has 0 aliphatic carbocycles. The SMILES string of the molecule is Cc1ccnc(C2CN(C(=O)Cc3c(C)n[nH]c3C)CCO2)n1. The van der Waals surface area contributed by atoms with Crippen LogP contribution < -0.4 is 0 Å². The van der Waals surface area contributed by atoms with Crippen molar-refractivity contribution in [2.24, 2.45) is 0 Å². The van der Waals surface area contributed by atoms with Crippen LogP contribution >= 0.6 is 0 Å². The molecule has 1 aliphatic rings. The average Bonchev–Trinajstić information content (AvgIpc) is 2.87. The van der Waals surface area contributed by atoms with Gasteiger partial charge in [0.25, 0.3) is 0 Å². The molecule has 2 aromatic heterocycles. The maximum absolute atomic E-state index is 12.6.